The van der Waals surface area contributed by atoms with Crippen molar-refractivity contribution < 1.29 is 8.42 Å². The number of nitrogens with two attached hydrogens (primary N) is 2. The van der Waals surface area contributed by atoms with Crippen LogP contribution in [0, 0.1) is 12.3 Å². The Labute approximate surface area is 150 Å². The van der Waals surface area contributed by atoms with Gasteiger partial charge in [-0.25, -0.2) is 8.42 Å². The largest absolute Gasteiger partial charge is 0.330 e. The van der Waals surface area contributed by atoms with Crippen LogP contribution in [0.5, 0.6) is 0 Å². The van der Waals surface area contributed by atoms with Crippen LogP contribution >= 0.6 is 0 Å². The lowest BCUT2D eigenvalue weighted by Gasteiger charge is -2.13. The molecule has 0 saturated heterocycles. The standard InChI is InChI=1S/C20H26N2O2S/c1-3-15-6-8-16(9-7-15)18-19(20(18,12-21)13-22)25(23,24)17-10-4-14(2)5-11-17/h4-11,18-19H,3,12-13,21-22H2,1-2H3/t18-,19-/m0/s1. The Morgan fingerprint density at radius 1 is 0.960 bits per heavy atom. The molecule has 0 aliphatic heterocycles. The Bertz CT molecular complexity index is 838. The molecule has 2 atom stereocenters. The van der Waals surface area contributed by atoms with Gasteiger partial charge in [0.05, 0.1) is 10.1 Å². The smallest absolute Gasteiger partial charge is 0.182 e. The van der Waals surface area contributed by atoms with Crippen LogP contribution in [0.3, 0.4) is 0 Å². The summed E-state index contributed by atoms with van der Waals surface area (Å²) in [6, 6.07) is 15.2. The molecule has 2 aromatic rings. The molecule has 1 aliphatic rings. The van der Waals surface area contributed by atoms with Crippen LogP contribution < -0.4 is 11.5 Å². The number of aryl methyl sites for hydroxylation is 2. The molecular weight excluding hydrogens is 332 g/mol. The first-order valence-corrected chi connectivity index (χ1v) is 10.2. The number of benzene rings is 2. The van der Waals surface area contributed by atoms with Crippen molar-refractivity contribution in [1.82, 2.24) is 0 Å². The highest BCUT2D eigenvalue weighted by atomic mass is 32.2. The van der Waals surface area contributed by atoms with Gasteiger partial charge in [-0.2, -0.15) is 0 Å². The summed E-state index contributed by atoms with van der Waals surface area (Å²) in [4.78, 5) is 0.349. The van der Waals surface area contributed by atoms with Gasteiger partial charge < -0.3 is 11.5 Å². The molecule has 0 unspecified atom stereocenters. The van der Waals surface area contributed by atoms with E-state index in [0.717, 1.165) is 17.5 Å². The SMILES string of the molecule is CCc1ccc([C@H]2[C@H](S(=O)(=O)c3ccc(C)cc3)C2(CN)CN)cc1. The lowest BCUT2D eigenvalue weighted by molar-refractivity contribution is 0.510. The maximum atomic E-state index is 13.2. The fourth-order valence-corrected chi connectivity index (χ4v) is 6.33. The molecule has 25 heavy (non-hydrogen) atoms. The van der Waals surface area contributed by atoms with E-state index in [1.807, 2.05) is 31.2 Å². The normalized spacial score (nSPS) is 21.9. The third-order valence-electron chi connectivity index (χ3n) is 5.57. The van der Waals surface area contributed by atoms with Gasteiger partial charge in [0.2, 0.25) is 0 Å². The molecule has 0 radical (unpaired) electrons. The molecule has 0 aromatic heterocycles. The van der Waals surface area contributed by atoms with Gasteiger partial charge in [-0.1, -0.05) is 48.9 Å². The Morgan fingerprint density at radius 2 is 1.52 bits per heavy atom. The molecule has 5 heteroatoms. The maximum absolute atomic E-state index is 13.2. The molecule has 0 amide bonds. The average molecular weight is 359 g/mol. The Hall–Kier alpha value is -1.69. The van der Waals surface area contributed by atoms with Gasteiger partial charge in [0.15, 0.2) is 9.84 Å². The van der Waals surface area contributed by atoms with Crippen LogP contribution in [-0.2, 0) is 16.3 Å². The van der Waals surface area contributed by atoms with Crippen molar-refractivity contribution in [2.75, 3.05) is 13.1 Å². The molecule has 134 valence electrons. The van der Waals surface area contributed by atoms with E-state index < -0.39 is 20.5 Å². The Kier molecular flexibility index (Phi) is 4.75. The predicted octanol–water partition coefficient (Wildman–Crippen LogP) is 2.40. The topological polar surface area (TPSA) is 86.2 Å². The van der Waals surface area contributed by atoms with Gasteiger partial charge in [0, 0.05) is 24.4 Å². The highest BCUT2D eigenvalue weighted by molar-refractivity contribution is 7.92. The van der Waals surface area contributed by atoms with Crippen molar-refractivity contribution in [3.05, 3.63) is 65.2 Å². The average Bonchev–Trinajstić information content (AvgIpc) is 3.33. The van der Waals surface area contributed by atoms with E-state index in [9.17, 15) is 8.42 Å². The van der Waals surface area contributed by atoms with Crippen LogP contribution in [0.2, 0.25) is 0 Å². The first kappa shape index (κ1) is 18.1. The lowest BCUT2D eigenvalue weighted by atomic mass is 9.98. The Balaban J connectivity index is 2.02. The monoisotopic (exact) mass is 358 g/mol. The van der Waals surface area contributed by atoms with E-state index in [1.54, 1.807) is 12.1 Å². The summed E-state index contributed by atoms with van der Waals surface area (Å²) >= 11 is 0. The van der Waals surface area contributed by atoms with Gasteiger partial charge in [-0.05, 0) is 36.6 Å². The summed E-state index contributed by atoms with van der Waals surface area (Å²) in [5.74, 6) is -0.153. The molecular formula is C20H26N2O2S. The van der Waals surface area contributed by atoms with E-state index in [-0.39, 0.29) is 19.0 Å². The first-order chi connectivity index (χ1) is 11.9. The predicted molar refractivity (Wildman–Crippen MR) is 101 cm³/mol. The molecule has 1 aliphatic carbocycles. The zero-order valence-corrected chi connectivity index (χ0v) is 15.6. The van der Waals surface area contributed by atoms with E-state index in [4.69, 9.17) is 11.5 Å². The zero-order valence-electron chi connectivity index (χ0n) is 14.8. The van der Waals surface area contributed by atoms with Gasteiger partial charge in [0.1, 0.15) is 0 Å². The lowest BCUT2D eigenvalue weighted by Crippen LogP contribution is -2.31. The zero-order chi connectivity index (χ0) is 18.2. The molecule has 1 fully saturated rings. The second kappa shape index (κ2) is 6.56. The second-order valence-corrected chi connectivity index (χ2v) is 9.06. The first-order valence-electron chi connectivity index (χ1n) is 8.70. The van der Waals surface area contributed by atoms with E-state index in [1.165, 1.54) is 5.56 Å². The fourth-order valence-electron chi connectivity index (χ4n) is 3.85. The van der Waals surface area contributed by atoms with Crippen molar-refractivity contribution in [2.45, 2.75) is 36.3 Å². The fraction of sp³-hybridized carbons (Fsp3) is 0.400. The van der Waals surface area contributed by atoms with Gasteiger partial charge in [0.25, 0.3) is 0 Å². The molecule has 0 bridgehead atoms. The molecule has 4 nitrogen and oxygen atoms in total. The minimum atomic E-state index is -3.49. The van der Waals surface area contributed by atoms with Crippen LogP contribution in [-0.4, -0.2) is 26.8 Å². The van der Waals surface area contributed by atoms with Crippen molar-refractivity contribution >= 4 is 9.84 Å². The quantitative estimate of drug-likeness (QED) is 0.830. The summed E-state index contributed by atoms with van der Waals surface area (Å²) in [6.07, 6.45) is 0.953. The summed E-state index contributed by atoms with van der Waals surface area (Å²) in [5.41, 5.74) is 14.7. The maximum Gasteiger partial charge on any atom is 0.182 e. The summed E-state index contributed by atoms with van der Waals surface area (Å²) in [7, 11) is -3.49. The summed E-state index contributed by atoms with van der Waals surface area (Å²) < 4.78 is 26.5. The molecule has 4 N–H and O–H groups in total. The molecule has 0 spiro atoms. The molecule has 1 saturated carbocycles. The van der Waals surface area contributed by atoms with E-state index in [2.05, 4.69) is 19.1 Å². The number of hydrogen-bond acceptors (Lipinski definition) is 4. The Morgan fingerprint density at radius 3 is 2.00 bits per heavy atom. The van der Waals surface area contributed by atoms with Crippen molar-refractivity contribution in [1.29, 1.82) is 0 Å². The minimum absolute atomic E-state index is 0.153. The molecule has 3 rings (SSSR count). The summed E-state index contributed by atoms with van der Waals surface area (Å²) in [5, 5.41) is -0.565. The van der Waals surface area contributed by atoms with Crippen molar-refractivity contribution in [3.8, 4) is 0 Å². The van der Waals surface area contributed by atoms with Crippen LogP contribution in [0.4, 0.5) is 0 Å². The van der Waals surface area contributed by atoms with Gasteiger partial charge >= 0.3 is 0 Å². The third kappa shape index (κ3) is 2.90. The number of hydrogen-bond donors (Lipinski definition) is 2. The van der Waals surface area contributed by atoms with Crippen LogP contribution in [0.1, 0.15) is 29.5 Å². The van der Waals surface area contributed by atoms with E-state index >= 15 is 0 Å². The summed E-state index contributed by atoms with van der Waals surface area (Å²) in [6.45, 7) is 4.56. The van der Waals surface area contributed by atoms with Crippen LogP contribution in [0.25, 0.3) is 0 Å². The van der Waals surface area contributed by atoms with E-state index in [0.29, 0.717) is 4.90 Å². The molecule has 0 heterocycles. The van der Waals surface area contributed by atoms with Crippen LogP contribution in [0.15, 0.2) is 53.4 Å². The van der Waals surface area contributed by atoms with Crippen molar-refractivity contribution in [3.63, 3.8) is 0 Å². The third-order valence-corrected chi connectivity index (χ3v) is 7.91. The second-order valence-electron chi connectivity index (χ2n) is 6.99. The highest BCUT2D eigenvalue weighted by Crippen LogP contribution is 2.62. The minimum Gasteiger partial charge on any atom is -0.330 e. The van der Waals surface area contributed by atoms with Crippen molar-refractivity contribution in [2.24, 2.45) is 16.9 Å². The highest BCUT2D eigenvalue weighted by Gasteiger charge is 2.69. The number of rotatable bonds is 6. The van der Waals surface area contributed by atoms with Gasteiger partial charge in [-0.3, -0.25) is 0 Å². The molecule has 2 aromatic carbocycles. The van der Waals surface area contributed by atoms with Gasteiger partial charge in [-0.15, -0.1) is 0 Å². The number of sulfone groups is 1.